The van der Waals surface area contributed by atoms with Gasteiger partial charge < -0.3 is 10.5 Å². The molecule has 15 heavy (non-hydrogen) atoms. The molecule has 2 heteroatoms. The van der Waals surface area contributed by atoms with Crippen LogP contribution < -0.4 is 5.73 Å². The fourth-order valence-electron chi connectivity index (χ4n) is 3.40. The fraction of sp³-hybridized carbons (Fsp3) is 1.00. The lowest BCUT2D eigenvalue weighted by molar-refractivity contribution is -0.0903. The Morgan fingerprint density at radius 1 is 1.27 bits per heavy atom. The summed E-state index contributed by atoms with van der Waals surface area (Å²) in [6.45, 7) is 2.33. The van der Waals surface area contributed by atoms with Crippen molar-refractivity contribution < 1.29 is 4.74 Å². The maximum Gasteiger partial charge on any atom is 0.0834 e. The lowest BCUT2D eigenvalue weighted by Crippen LogP contribution is -2.56. The maximum absolute atomic E-state index is 6.44. The van der Waals surface area contributed by atoms with Crippen LogP contribution in [-0.4, -0.2) is 18.8 Å². The largest absolute Gasteiger partial charge is 0.377 e. The van der Waals surface area contributed by atoms with Gasteiger partial charge in [0.15, 0.2) is 0 Å². The molecule has 2 N–H and O–H groups in total. The van der Waals surface area contributed by atoms with Crippen LogP contribution in [0.5, 0.6) is 0 Å². The van der Waals surface area contributed by atoms with E-state index in [-0.39, 0.29) is 11.6 Å². The molecule has 0 amide bonds. The molecule has 0 saturated heterocycles. The highest BCUT2D eigenvalue weighted by atomic mass is 16.5. The van der Waals surface area contributed by atoms with Gasteiger partial charge in [-0.15, -0.1) is 0 Å². The second-order valence-corrected chi connectivity index (χ2v) is 5.69. The lowest BCUT2D eigenvalue weighted by Gasteiger charge is -2.48. The van der Waals surface area contributed by atoms with Crippen LogP contribution in [0.25, 0.3) is 0 Å². The Balaban J connectivity index is 2.04. The molecule has 0 aromatic rings. The zero-order chi connectivity index (χ0) is 10.9. The summed E-state index contributed by atoms with van der Waals surface area (Å²) in [4.78, 5) is 0. The molecule has 2 saturated carbocycles. The molecule has 2 fully saturated rings. The van der Waals surface area contributed by atoms with Crippen LogP contribution in [0.4, 0.5) is 0 Å². The molecule has 0 heterocycles. The number of methoxy groups -OCH3 is 1. The predicted octanol–water partition coefficient (Wildman–Crippen LogP) is 2.71. The number of hydrogen-bond acceptors (Lipinski definition) is 2. The SMILES string of the molecule is COC1(C(N)C2CCC2)CCCC(C)C1. The van der Waals surface area contributed by atoms with E-state index >= 15 is 0 Å². The maximum atomic E-state index is 6.44. The summed E-state index contributed by atoms with van der Waals surface area (Å²) < 4.78 is 5.84. The molecule has 2 aliphatic carbocycles. The van der Waals surface area contributed by atoms with Crippen molar-refractivity contribution in [2.24, 2.45) is 17.6 Å². The van der Waals surface area contributed by atoms with Crippen molar-refractivity contribution in [2.75, 3.05) is 7.11 Å². The molecule has 88 valence electrons. The third-order valence-electron chi connectivity index (χ3n) is 4.66. The smallest absolute Gasteiger partial charge is 0.0834 e. The van der Waals surface area contributed by atoms with Crippen LogP contribution in [0.2, 0.25) is 0 Å². The topological polar surface area (TPSA) is 35.2 Å². The first-order valence-electron chi connectivity index (χ1n) is 6.49. The van der Waals surface area contributed by atoms with Crippen LogP contribution in [-0.2, 0) is 4.74 Å². The van der Waals surface area contributed by atoms with Crippen LogP contribution >= 0.6 is 0 Å². The van der Waals surface area contributed by atoms with Crippen molar-refractivity contribution in [3.8, 4) is 0 Å². The second-order valence-electron chi connectivity index (χ2n) is 5.69. The Morgan fingerprint density at radius 3 is 2.47 bits per heavy atom. The van der Waals surface area contributed by atoms with Crippen LogP contribution in [0, 0.1) is 11.8 Å². The van der Waals surface area contributed by atoms with Crippen molar-refractivity contribution in [3.05, 3.63) is 0 Å². The molecule has 2 aliphatic rings. The average molecular weight is 211 g/mol. The van der Waals surface area contributed by atoms with Crippen molar-refractivity contribution in [2.45, 2.75) is 63.5 Å². The average Bonchev–Trinajstić information content (AvgIpc) is 2.15. The van der Waals surface area contributed by atoms with E-state index in [4.69, 9.17) is 10.5 Å². The summed E-state index contributed by atoms with van der Waals surface area (Å²) in [5, 5.41) is 0. The van der Waals surface area contributed by atoms with Crippen molar-refractivity contribution >= 4 is 0 Å². The number of ether oxygens (including phenoxy) is 1. The standard InChI is InChI=1S/C13H25NO/c1-10-5-4-8-13(9-10,15-2)12(14)11-6-3-7-11/h10-12H,3-9,14H2,1-2H3. The van der Waals surface area contributed by atoms with Crippen molar-refractivity contribution in [1.82, 2.24) is 0 Å². The predicted molar refractivity (Wildman–Crippen MR) is 62.7 cm³/mol. The summed E-state index contributed by atoms with van der Waals surface area (Å²) in [7, 11) is 1.86. The van der Waals surface area contributed by atoms with E-state index in [0.717, 1.165) is 11.8 Å². The molecule has 0 radical (unpaired) electrons. The molecule has 0 aromatic carbocycles. The second kappa shape index (κ2) is 4.42. The Bertz CT molecular complexity index is 215. The Kier molecular flexibility index (Phi) is 3.36. The highest BCUT2D eigenvalue weighted by Crippen LogP contribution is 2.42. The van der Waals surface area contributed by atoms with Gasteiger partial charge in [-0.2, -0.15) is 0 Å². The van der Waals surface area contributed by atoms with Crippen LogP contribution in [0.3, 0.4) is 0 Å². The third kappa shape index (κ3) is 2.07. The first-order chi connectivity index (χ1) is 7.18. The minimum absolute atomic E-state index is 0.00273. The Labute approximate surface area is 93.6 Å². The zero-order valence-corrected chi connectivity index (χ0v) is 10.2. The summed E-state index contributed by atoms with van der Waals surface area (Å²) in [6.07, 6.45) is 8.99. The lowest BCUT2D eigenvalue weighted by atomic mass is 9.67. The molecule has 3 atom stereocenters. The van der Waals surface area contributed by atoms with E-state index in [1.165, 1.54) is 44.9 Å². The Hall–Kier alpha value is -0.0800. The van der Waals surface area contributed by atoms with Gasteiger partial charge in [0.2, 0.25) is 0 Å². The minimum Gasteiger partial charge on any atom is -0.377 e. The number of hydrogen-bond donors (Lipinski definition) is 1. The van der Waals surface area contributed by atoms with Gasteiger partial charge >= 0.3 is 0 Å². The normalized spacial score (nSPS) is 39.8. The zero-order valence-electron chi connectivity index (χ0n) is 10.2. The molecule has 3 unspecified atom stereocenters. The molecular weight excluding hydrogens is 186 g/mol. The first kappa shape index (κ1) is 11.4. The van der Waals surface area contributed by atoms with Crippen molar-refractivity contribution in [3.63, 3.8) is 0 Å². The first-order valence-corrected chi connectivity index (χ1v) is 6.49. The summed E-state index contributed by atoms with van der Waals surface area (Å²) in [5.41, 5.74) is 6.44. The Morgan fingerprint density at radius 2 is 2.00 bits per heavy atom. The highest BCUT2D eigenvalue weighted by molar-refractivity contribution is 5.00. The molecule has 2 rings (SSSR count). The summed E-state index contributed by atoms with van der Waals surface area (Å²) in [6, 6.07) is 0.277. The van der Waals surface area contributed by atoms with E-state index in [2.05, 4.69) is 6.92 Å². The van der Waals surface area contributed by atoms with Gasteiger partial charge in [-0.3, -0.25) is 0 Å². The third-order valence-corrected chi connectivity index (χ3v) is 4.66. The molecular formula is C13H25NO. The minimum atomic E-state index is 0.00273. The van der Waals surface area contributed by atoms with E-state index in [1.807, 2.05) is 7.11 Å². The highest BCUT2D eigenvalue weighted by Gasteiger charge is 2.44. The summed E-state index contributed by atoms with van der Waals surface area (Å²) in [5.74, 6) is 1.51. The van der Waals surface area contributed by atoms with Crippen LogP contribution in [0.15, 0.2) is 0 Å². The van der Waals surface area contributed by atoms with E-state index in [1.54, 1.807) is 0 Å². The monoisotopic (exact) mass is 211 g/mol. The van der Waals surface area contributed by atoms with E-state index in [0.29, 0.717) is 0 Å². The molecule has 2 nitrogen and oxygen atoms in total. The molecule has 0 aliphatic heterocycles. The van der Waals surface area contributed by atoms with Gasteiger partial charge in [0.25, 0.3) is 0 Å². The van der Waals surface area contributed by atoms with E-state index < -0.39 is 0 Å². The van der Waals surface area contributed by atoms with Gasteiger partial charge in [-0.25, -0.2) is 0 Å². The van der Waals surface area contributed by atoms with Crippen molar-refractivity contribution in [1.29, 1.82) is 0 Å². The van der Waals surface area contributed by atoms with Gasteiger partial charge in [0, 0.05) is 13.2 Å². The quantitative estimate of drug-likeness (QED) is 0.779. The molecule has 0 aromatic heterocycles. The van der Waals surface area contributed by atoms with Gasteiger partial charge in [0.05, 0.1) is 5.60 Å². The fourth-order valence-corrected chi connectivity index (χ4v) is 3.40. The number of rotatable bonds is 3. The van der Waals surface area contributed by atoms with Crippen LogP contribution in [0.1, 0.15) is 51.9 Å². The number of nitrogens with two attached hydrogens (primary N) is 1. The van der Waals surface area contributed by atoms with Gasteiger partial charge in [-0.1, -0.05) is 26.2 Å². The van der Waals surface area contributed by atoms with Gasteiger partial charge in [0.1, 0.15) is 0 Å². The van der Waals surface area contributed by atoms with E-state index in [9.17, 15) is 0 Å². The van der Waals surface area contributed by atoms with Gasteiger partial charge in [-0.05, 0) is 37.5 Å². The molecule has 0 spiro atoms. The summed E-state index contributed by atoms with van der Waals surface area (Å²) >= 11 is 0. The molecule has 0 bridgehead atoms.